The summed E-state index contributed by atoms with van der Waals surface area (Å²) in [4.78, 5) is 0. The fourth-order valence-electron chi connectivity index (χ4n) is 2.00. The minimum absolute atomic E-state index is 0.201. The van der Waals surface area contributed by atoms with Crippen molar-refractivity contribution < 1.29 is 35.2 Å². The molecule has 0 N–H and O–H groups in total. The van der Waals surface area contributed by atoms with Crippen molar-refractivity contribution in [2.24, 2.45) is 0 Å². The summed E-state index contributed by atoms with van der Waals surface area (Å²) in [5.41, 5.74) is -4.09. The number of hydrogen-bond donors (Lipinski definition) is 0. The zero-order valence-electron chi connectivity index (χ0n) is 15.7. The van der Waals surface area contributed by atoms with Gasteiger partial charge in [0.15, 0.2) is 16.6 Å². The molecule has 0 atom stereocenters. The molecule has 24 heavy (non-hydrogen) atoms. The molecule has 0 fully saturated rings. The van der Waals surface area contributed by atoms with Gasteiger partial charge in [0.1, 0.15) is 0 Å². The average Bonchev–Trinajstić information content (AvgIpc) is 2.35. The molecule has 0 aliphatic heterocycles. The Labute approximate surface area is 143 Å². The van der Waals surface area contributed by atoms with Crippen molar-refractivity contribution in [2.45, 2.75) is 83.4 Å². The largest absolute Gasteiger partial charge is 0.425 e. The van der Waals surface area contributed by atoms with E-state index in [1.807, 2.05) is 13.8 Å². The molecular formula is C14H30F6O2Si2. The molecule has 0 amide bonds. The third-order valence-corrected chi connectivity index (χ3v) is 6.88. The molecule has 0 aromatic rings. The fraction of sp³-hybridized carbons (Fsp3) is 1.00. The normalized spacial score (nSPS) is 14.2. The molecule has 0 spiro atoms. The predicted octanol–water partition coefficient (Wildman–Crippen LogP) is 6.36. The standard InChI is InChI=1S/C12H24F6O2Si2.C2H6/c1-19-22(5,6)9-7-8-10(11(13,14)15,12(16,17)18)20-21(2,3)4;1-2/h7-9H2,1-6H3;1-2H3. The quantitative estimate of drug-likeness (QED) is 0.366. The van der Waals surface area contributed by atoms with Gasteiger partial charge >= 0.3 is 12.4 Å². The van der Waals surface area contributed by atoms with Crippen molar-refractivity contribution in [1.29, 1.82) is 0 Å². The van der Waals surface area contributed by atoms with Gasteiger partial charge in [0.2, 0.25) is 5.60 Å². The first-order chi connectivity index (χ1) is 10.5. The fourth-order valence-corrected chi connectivity index (χ4v) is 4.61. The molecule has 0 aromatic heterocycles. The van der Waals surface area contributed by atoms with Gasteiger partial charge in [-0.15, -0.1) is 0 Å². The lowest BCUT2D eigenvalue weighted by Crippen LogP contribution is -2.62. The van der Waals surface area contributed by atoms with Crippen LogP contribution in [0.5, 0.6) is 0 Å². The van der Waals surface area contributed by atoms with Crippen molar-refractivity contribution in [2.75, 3.05) is 7.11 Å². The smallest absolute Gasteiger partial charge is 0.420 e. The molecule has 0 saturated heterocycles. The van der Waals surface area contributed by atoms with E-state index < -0.39 is 41.0 Å². The van der Waals surface area contributed by atoms with Gasteiger partial charge in [0.25, 0.3) is 0 Å². The van der Waals surface area contributed by atoms with Gasteiger partial charge in [-0.25, -0.2) is 0 Å². The van der Waals surface area contributed by atoms with E-state index in [-0.39, 0.29) is 12.5 Å². The lowest BCUT2D eigenvalue weighted by atomic mass is 9.96. The third-order valence-electron chi connectivity index (χ3n) is 3.26. The number of rotatable bonds is 7. The van der Waals surface area contributed by atoms with E-state index in [9.17, 15) is 26.3 Å². The maximum Gasteiger partial charge on any atom is 0.425 e. The van der Waals surface area contributed by atoms with Crippen LogP contribution in [-0.2, 0) is 8.85 Å². The second-order valence-corrected chi connectivity index (χ2v) is 15.7. The van der Waals surface area contributed by atoms with E-state index in [0.29, 0.717) is 0 Å². The molecule has 0 aliphatic carbocycles. The highest BCUT2D eigenvalue weighted by Gasteiger charge is 2.72. The summed E-state index contributed by atoms with van der Waals surface area (Å²) >= 11 is 0. The van der Waals surface area contributed by atoms with Crippen LogP contribution < -0.4 is 0 Å². The third kappa shape index (κ3) is 7.88. The zero-order chi connectivity index (χ0) is 20.0. The molecule has 2 nitrogen and oxygen atoms in total. The maximum atomic E-state index is 13.3. The summed E-state index contributed by atoms with van der Waals surface area (Å²) < 4.78 is 89.4. The Kier molecular flexibility index (Phi) is 9.86. The minimum Gasteiger partial charge on any atom is -0.420 e. The average molecular weight is 401 g/mol. The first kappa shape index (κ1) is 26.2. The lowest BCUT2D eigenvalue weighted by molar-refractivity contribution is -0.362. The summed E-state index contributed by atoms with van der Waals surface area (Å²) in [5, 5.41) is 0. The Morgan fingerprint density at radius 3 is 1.42 bits per heavy atom. The van der Waals surface area contributed by atoms with Crippen LogP contribution in [0.2, 0.25) is 38.8 Å². The van der Waals surface area contributed by atoms with E-state index >= 15 is 0 Å². The molecule has 10 heteroatoms. The molecule has 148 valence electrons. The second kappa shape index (κ2) is 9.04. The van der Waals surface area contributed by atoms with Crippen LogP contribution in [0.3, 0.4) is 0 Å². The Bertz CT molecular complexity index is 348. The Hall–Kier alpha value is -0.0662. The number of hydrogen-bond acceptors (Lipinski definition) is 2. The lowest BCUT2D eigenvalue weighted by Gasteiger charge is -2.41. The summed E-state index contributed by atoms with van der Waals surface area (Å²) in [5.74, 6) is 0. The summed E-state index contributed by atoms with van der Waals surface area (Å²) in [6, 6.07) is 0.201. The molecule has 0 rings (SSSR count). The number of halogens is 6. The Morgan fingerprint density at radius 1 is 0.792 bits per heavy atom. The van der Waals surface area contributed by atoms with Gasteiger partial charge in [-0.1, -0.05) is 20.3 Å². The Balaban J connectivity index is 0. The first-order valence-corrected chi connectivity index (χ1v) is 14.4. The van der Waals surface area contributed by atoms with E-state index in [4.69, 9.17) is 4.43 Å². The monoisotopic (exact) mass is 400 g/mol. The molecule has 0 heterocycles. The first-order valence-electron chi connectivity index (χ1n) is 7.86. The van der Waals surface area contributed by atoms with Gasteiger partial charge in [0, 0.05) is 7.11 Å². The maximum absolute atomic E-state index is 13.3. The van der Waals surface area contributed by atoms with E-state index in [0.717, 1.165) is 0 Å². The molecule has 0 aromatic carbocycles. The molecular weight excluding hydrogens is 370 g/mol. The van der Waals surface area contributed by atoms with Gasteiger partial charge in [-0.3, -0.25) is 0 Å². The van der Waals surface area contributed by atoms with E-state index in [2.05, 4.69) is 4.43 Å². The number of alkyl halides is 6. The van der Waals surface area contributed by atoms with Crippen molar-refractivity contribution in [3.63, 3.8) is 0 Å². The van der Waals surface area contributed by atoms with Crippen LogP contribution in [0, 0.1) is 0 Å². The van der Waals surface area contributed by atoms with E-state index in [1.165, 1.54) is 26.8 Å². The van der Waals surface area contributed by atoms with Crippen LogP contribution in [0.15, 0.2) is 0 Å². The van der Waals surface area contributed by atoms with Gasteiger partial charge in [-0.05, 0) is 45.2 Å². The topological polar surface area (TPSA) is 18.5 Å². The summed E-state index contributed by atoms with van der Waals surface area (Å²) in [6.45, 7) is 11.4. The summed E-state index contributed by atoms with van der Waals surface area (Å²) in [6.07, 6.45) is -12.4. The molecule has 0 unspecified atom stereocenters. The van der Waals surface area contributed by atoms with E-state index in [1.54, 1.807) is 13.1 Å². The molecule has 0 radical (unpaired) electrons. The van der Waals surface area contributed by atoms with Gasteiger partial charge in [0.05, 0.1) is 0 Å². The van der Waals surface area contributed by atoms with Crippen LogP contribution in [0.1, 0.15) is 26.7 Å². The zero-order valence-corrected chi connectivity index (χ0v) is 17.7. The second-order valence-electron chi connectivity index (χ2n) is 6.85. The van der Waals surface area contributed by atoms with Crippen LogP contribution >= 0.6 is 0 Å². The van der Waals surface area contributed by atoms with Crippen molar-refractivity contribution in [3.8, 4) is 0 Å². The van der Waals surface area contributed by atoms with Crippen LogP contribution in [-0.4, -0.2) is 41.7 Å². The molecule has 0 aliphatic rings. The van der Waals surface area contributed by atoms with Crippen molar-refractivity contribution >= 4 is 16.6 Å². The van der Waals surface area contributed by atoms with Gasteiger partial charge < -0.3 is 8.85 Å². The van der Waals surface area contributed by atoms with Crippen LogP contribution in [0.4, 0.5) is 26.3 Å². The highest BCUT2D eigenvalue weighted by molar-refractivity contribution is 6.71. The SMILES string of the molecule is CC.CO[Si](C)(C)CCCC(O[Si](C)(C)C)(C(F)(F)F)C(F)(F)F. The van der Waals surface area contributed by atoms with Gasteiger partial charge in [-0.2, -0.15) is 26.3 Å². The molecule has 0 bridgehead atoms. The van der Waals surface area contributed by atoms with Crippen molar-refractivity contribution in [3.05, 3.63) is 0 Å². The highest BCUT2D eigenvalue weighted by Crippen LogP contribution is 2.50. The van der Waals surface area contributed by atoms with Crippen LogP contribution in [0.25, 0.3) is 0 Å². The minimum atomic E-state index is -5.51. The highest BCUT2D eigenvalue weighted by atomic mass is 28.4. The van der Waals surface area contributed by atoms with Crippen molar-refractivity contribution in [1.82, 2.24) is 0 Å². The molecule has 0 saturated carbocycles. The summed E-state index contributed by atoms with van der Waals surface area (Å²) in [7, 11) is -3.89. The Morgan fingerprint density at radius 2 is 1.17 bits per heavy atom. The predicted molar refractivity (Wildman–Crippen MR) is 89.2 cm³/mol.